The Morgan fingerprint density at radius 3 is 1.05 bits per heavy atom. The van der Waals surface area contributed by atoms with E-state index in [1.807, 2.05) is 6.07 Å². The Morgan fingerprint density at radius 2 is 0.708 bits per heavy atom. The lowest BCUT2D eigenvalue weighted by Gasteiger charge is -2.58. The monoisotopic (exact) mass is 1290 g/mol. The van der Waals surface area contributed by atoms with Gasteiger partial charge in [0.1, 0.15) is 51.0 Å². The van der Waals surface area contributed by atoms with Crippen LogP contribution in [0.25, 0.3) is 65.3 Å². The summed E-state index contributed by atoms with van der Waals surface area (Å²) in [5.41, 5.74) is 27.7. The molecule has 0 aromatic heterocycles. The van der Waals surface area contributed by atoms with E-state index in [1.165, 1.54) is 99.8 Å². The number of carbonyl (C=O) groups is 4. The zero-order valence-corrected chi connectivity index (χ0v) is 59.1. The van der Waals surface area contributed by atoms with Gasteiger partial charge in [0.2, 0.25) is 0 Å². The molecule has 504 valence electrons. The predicted octanol–water partition coefficient (Wildman–Crippen LogP) is 21.0. The Morgan fingerprint density at radius 1 is 0.365 bits per heavy atom. The van der Waals surface area contributed by atoms with Crippen molar-refractivity contribution in [3.05, 3.63) is 169 Å². The number of primary amides is 4. The molecule has 0 spiro atoms. The topological polar surface area (TPSA) is 244 Å². The maximum absolute atomic E-state index is 12.1. The number of urea groups is 4. The number of nitrogens with zero attached hydrogens (tertiary/aromatic N) is 4. The largest absolute Gasteiger partial charge is 0.351 e. The van der Waals surface area contributed by atoms with E-state index < -0.39 is 24.1 Å². The van der Waals surface area contributed by atoms with Gasteiger partial charge in [0.15, 0.2) is 0 Å². The summed E-state index contributed by atoms with van der Waals surface area (Å²) in [6.07, 6.45) is 18.5. The number of nitrogens with two attached hydrogens (primary N) is 4. The molecular formula is C82H104N10O4+2. The SMILES string of the molecule is CCCCCC(C)(C)[N+](c1ccccc1)(c1ccc(-c2c(-c3ccc([N+](c4ccccc4)(C(C)(C)CCCCC)C(C)(C)CCCCC)cc3)c3cccc4c5c(C#N)ccc6cccc(c(c2C#N)c34)c65)cc1)C(C)(C)CCCCC.NC(=O)NC(N)=O.NC(=O)NC(N)=O. The molecule has 14 heteroatoms. The lowest BCUT2D eigenvalue weighted by Crippen LogP contribution is -2.69. The molecule has 0 fully saturated rings. The maximum atomic E-state index is 12.1. The highest BCUT2D eigenvalue weighted by atomic mass is 16.2. The number of rotatable bonds is 26. The number of para-hydroxylation sites is 2. The van der Waals surface area contributed by atoms with E-state index in [0.29, 0.717) is 15.6 Å². The second-order valence-corrected chi connectivity index (χ2v) is 28.2. The van der Waals surface area contributed by atoms with Crippen LogP contribution in [-0.4, -0.2) is 46.3 Å². The number of fused-ring (bicyclic) bond motifs is 2. The van der Waals surface area contributed by atoms with Crippen molar-refractivity contribution in [2.45, 2.75) is 208 Å². The Labute approximate surface area is 570 Å². The summed E-state index contributed by atoms with van der Waals surface area (Å²) in [7, 11) is 0. The molecule has 8 amide bonds. The number of benzene rings is 9. The third kappa shape index (κ3) is 14.9. The van der Waals surface area contributed by atoms with Crippen LogP contribution in [0.3, 0.4) is 0 Å². The minimum absolute atomic E-state index is 0.162. The highest BCUT2D eigenvalue weighted by molar-refractivity contribution is 6.37. The molecule has 0 radical (unpaired) electrons. The number of hydrogen-bond donors (Lipinski definition) is 6. The van der Waals surface area contributed by atoms with Crippen molar-refractivity contribution in [3.63, 3.8) is 0 Å². The number of hydrogen-bond acceptors (Lipinski definition) is 6. The van der Waals surface area contributed by atoms with Crippen LogP contribution in [-0.2, 0) is 0 Å². The van der Waals surface area contributed by atoms with Gasteiger partial charge in [-0.05, 0) is 185 Å². The standard InChI is InChI=1S/C78H94N4.2C2H5N3O2/c1-13-17-27-51-75(5,6)81(61-34-23-21-24-35-61,76(7,8)52-28-18-14-2)63-47-43-58(44-48-63)70-65-39-32-40-67-72-60(55-79)42-41-57-33-31-38-66(69(57)72)74(73(65)67)68(56-80)71(70)59-45-49-64(50-46-59)82(62-36-25-22-26-37-62,77(9,10)53-29-19-15-3)78(11,12)54-30-20-16-4;2*3-1(6)5-2(4)7/h21-26,31-50H,13-20,27-30,51-54H2,1-12H3;2*(H5,3,4,5,6,7)/q+2;;. The van der Waals surface area contributed by atoms with Gasteiger partial charge in [-0.1, -0.05) is 158 Å². The smallest absolute Gasteiger partial charge is 0.320 e. The quantitative estimate of drug-likeness (QED) is 0.0133. The molecule has 9 rings (SSSR count). The van der Waals surface area contributed by atoms with Gasteiger partial charge in [-0.15, -0.1) is 0 Å². The second-order valence-electron chi connectivity index (χ2n) is 28.2. The van der Waals surface area contributed by atoms with Crippen molar-refractivity contribution in [1.82, 2.24) is 19.6 Å². The molecule has 9 aromatic carbocycles. The van der Waals surface area contributed by atoms with Crippen molar-refractivity contribution in [2.24, 2.45) is 22.9 Å². The van der Waals surface area contributed by atoms with Crippen molar-refractivity contribution >= 4 is 90.0 Å². The molecule has 10 N–H and O–H groups in total. The zero-order chi connectivity index (χ0) is 70.2. The van der Waals surface area contributed by atoms with Gasteiger partial charge >= 0.3 is 24.1 Å². The first-order valence-corrected chi connectivity index (χ1v) is 34.6. The molecule has 0 bridgehead atoms. The van der Waals surface area contributed by atoms with E-state index in [4.69, 9.17) is 0 Å². The first-order valence-electron chi connectivity index (χ1n) is 34.6. The summed E-state index contributed by atoms with van der Waals surface area (Å²) in [6, 6.07) is 60.8. The summed E-state index contributed by atoms with van der Waals surface area (Å²) in [6.45, 7) is 29.4. The number of nitriles is 2. The van der Waals surface area contributed by atoms with Crippen LogP contribution >= 0.6 is 0 Å². The molecule has 0 heterocycles. The molecule has 0 aliphatic rings. The van der Waals surface area contributed by atoms with Crippen LogP contribution in [0.1, 0.15) is 197 Å². The molecule has 0 saturated carbocycles. The maximum Gasteiger partial charge on any atom is 0.320 e. The van der Waals surface area contributed by atoms with Crippen LogP contribution in [0, 0.1) is 22.7 Å². The summed E-state index contributed by atoms with van der Waals surface area (Å²) in [5, 5.41) is 34.2. The highest BCUT2D eigenvalue weighted by Crippen LogP contribution is 2.57. The van der Waals surface area contributed by atoms with Crippen LogP contribution < -0.4 is 42.5 Å². The number of nitrogens with one attached hydrogen (secondary N) is 2. The third-order valence-electron chi connectivity index (χ3n) is 20.2. The van der Waals surface area contributed by atoms with Gasteiger partial charge < -0.3 is 22.9 Å². The van der Waals surface area contributed by atoms with Gasteiger partial charge in [0, 0.05) is 66.3 Å². The van der Waals surface area contributed by atoms with Gasteiger partial charge in [-0.2, -0.15) is 10.5 Å². The van der Waals surface area contributed by atoms with Crippen LogP contribution in [0.2, 0.25) is 0 Å². The van der Waals surface area contributed by atoms with Gasteiger partial charge in [-0.25, -0.2) is 19.2 Å². The number of quaternary nitrogens is 2. The number of carbonyl (C=O) groups excluding carboxylic acids is 4. The predicted molar refractivity (Wildman–Crippen MR) is 401 cm³/mol. The van der Waals surface area contributed by atoms with Crippen molar-refractivity contribution < 1.29 is 19.2 Å². The third-order valence-corrected chi connectivity index (χ3v) is 20.2. The lowest BCUT2D eigenvalue weighted by molar-refractivity contribution is 0.0658. The Balaban J connectivity index is 0.000000837. The molecule has 14 nitrogen and oxygen atoms in total. The molecule has 96 heavy (non-hydrogen) atoms. The van der Waals surface area contributed by atoms with E-state index in [2.05, 4.69) is 270 Å². The first-order chi connectivity index (χ1) is 45.7. The van der Waals surface area contributed by atoms with Crippen molar-refractivity contribution in [2.75, 3.05) is 0 Å². The summed E-state index contributed by atoms with van der Waals surface area (Å²) >= 11 is 0. The van der Waals surface area contributed by atoms with E-state index in [-0.39, 0.29) is 22.2 Å². The second kappa shape index (κ2) is 31.9. The molecule has 0 aliphatic carbocycles. The molecule has 0 unspecified atom stereocenters. The van der Waals surface area contributed by atoms with Crippen molar-refractivity contribution in [1.29, 1.82) is 10.5 Å². The van der Waals surface area contributed by atoms with E-state index >= 15 is 0 Å². The summed E-state index contributed by atoms with van der Waals surface area (Å²) in [4.78, 5) is 38.5. The van der Waals surface area contributed by atoms with Crippen LogP contribution in [0.5, 0.6) is 0 Å². The summed E-state index contributed by atoms with van der Waals surface area (Å²) < 4.78 is 1.43. The minimum atomic E-state index is -0.938. The van der Waals surface area contributed by atoms with Crippen molar-refractivity contribution in [3.8, 4) is 34.4 Å². The molecular weight excluding hydrogens is 1190 g/mol. The fourth-order valence-corrected chi connectivity index (χ4v) is 16.6. The Hall–Kier alpha value is -9.34. The molecule has 9 aromatic rings. The Bertz CT molecular complexity index is 4130. The fraction of sp³-hybridized carbons (Fsp3) is 0.390. The normalized spacial score (nSPS) is 12.1. The Kier molecular flexibility index (Phi) is 24.6. The molecule has 0 aliphatic heterocycles. The average molecular weight is 1290 g/mol. The number of amides is 8. The van der Waals surface area contributed by atoms with Gasteiger partial charge in [0.05, 0.1) is 17.2 Å². The van der Waals surface area contributed by atoms with E-state index in [9.17, 15) is 29.7 Å². The summed E-state index contributed by atoms with van der Waals surface area (Å²) in [5.74, 6) is 0. The number of imide groups is 2. The van der Waals surface area contributed by atoms with E-state index in [0.717, 1.165) is 95.5 Å². The molecule has 0 atom stereocenters. The number of unbranched alkanes of at least 4 members (excludes halogenated alkanes) is 8. The average Bonchev–Trinajstić information content (AvgIpc) is 0.720. The van der Waals surface area contributed by atoms with Crippen LogP contribution in [0.4, 0.5) is 41.9 Å². The fourth-order valence-electron chi connectivity index (χ4n) is 16.6. The van der Waals surface area contributed by atoms with Crippen LogP contribution in [0.15, 0.2) is 158 Å². The van der Waals surface area contributed by atoms with E-state index in [1.54, 1.807) is 10.6 Å². The van der Waals surface area contributed by atoms with Gasteiger partial charge in [0.25, 0.3) is 0 Å². The van der Waals surface area contributed by atoms with Gasteiger partial charge in [-0.3, -0.25) is 19.6 Å². The molecule has 0 saturated heterocycles. The first kappa shape index (κ1) is 74.1. The lowest BCUT2D eigenvalue weighted by atomic mass is 9.78. The zero-order valence-electron chi connectivity index (χ0n) is 59.1. The highest BCUT2D eigenvalue weighted by Gasteiger charge is 2.58. The minimum Gasteiger partial charge on any atom is -0.351 e.